The minimum atomic E-state index is -2.58. The molecule has 0 aliphatic heterocycles. The molecule has 0 fully saturated rings. The van der Waals surface area contributed by atoms with Crippen molar-refractivity contribution in [2.75, 3.05) is 5.88 Å². The zero-order valence-electron chi connectivity index (χ0n) is 21.3. The Morgan fingerprint density at radius 1 is 0.897 bits per heavy atom. The number of thioether (sulfide) groups is 1. The van der Waals surface area contributed by atoms with Crippen LogP contribution >= 0.6 is 11.8 Å². The van der Waals surface area contributed by atoms with E-state index in [0.29, 0.717) is 4.06 Å². The van der Waals surface area contributed by atoms with Crippen LogP contribution < -0.4 is 0 Å². The van der Waals surface area contributed by atoms with Gasteiger partial charge in [-0.1, -0.05) is 0 Å². The third-order valence-corrected chi connectivity index (χ3v) is 24.5. The van der Waals surface area contributed by atoms with E-state index in [0.717, 1.165) is 5.88 Å². The van der Waals surface area contributed by atoms with Gasteiger partial charge in [-0.25, -0.2) is 0 Å². The van der Waals surface area contributed by atoms with Crippen LogP contribution in [0.3, 0.4) is 0 Å². The van der Waals surface area contributed by atoms with Crippen molar-refractivity contribution in [3.63, 3.8) is 0 Å². The molecule has 1 unspecified atom stereocenters. The van der Waals surface area contributed by atoms with Gasteiger partial charge >= 0.3 is 192 Å². The van der Waals surface area contributed by atoms with Crippen molar-refractivity contribution < 1.29 is 9.53 Å². The van der Waals surface area contributed by atoms with Crippen molar-refractivity contribution >= 4 is 36.2 Å². The number of hydrogen-bond donors (Lipinski definition) is 0. The maximum absolute atomic E-state index is 13.3. The first-order valence-electron chi connectivity index (χ1n) is 12.0. The third-order valence-electron chi connectivity index (χ3n) is 5.70. The van der Waals surface area contributed by atoms with E-state index in [1.54, 1.807) is 0 Å². The topological polar surface area (TPSA) is 29.5 Å². The maximum atomic E-state index is 13.3. The van der Waals surface area contributed by atoms with E-state index < -0.39 is 24.0 Å². The van der Waals surface area contributed by atoms with Crippen LogP contribution in [0.15, 0.2) is 0 Å². The summed E-state index contributed by atoms with van der Waals surface area (Å²) in [6.45, 7) is 21.9. The summed E-state index contributed by atoms with van der Waals surface area (Å²) in [6, 6.07) is 0. The van der Waals surface area contributed by atoms with Gasteiger partial charge in [0.05, 0.1) is 0 Å². The Kier molecular flexibility index (Phi) is 13.9. The fraction of sp³-hybridized carbons (Fsp3) is 0.958. The molecule has 0 saturated carbocycles. The van der Waals surface area contributed by atoms with E-state index in [4.69, 9.17) is 4.74 Å². The summed E-state index contributed by atoms with van der Waals surface area (Å²) in [6.07, 6.45) is 7.63. The summed E-state index contributed by atoms with van der Waals surface area (Å²) in [7, 11) is 0. The van der Waals surface area contributed by atoms with E-state index >= 15 is 0 Å². The quantitative estimate of drug-likeness (QED) is 0.175. The van der Waals surface area contributed by atoms with Gasteiger partial charge in [-0.3, -0.25) is 0 Å². The van der Waals surface area contributed by atoms with E-state index in [1.807, 2.05) is 32.5 Å². The number of carbonyl (C=O) groups excluding carboxylic acids is 1. The van der Waals surface area contributed by atoms with Crippen LogP contribution in [0.25, 0.3) is 0 Å². The molecule has 0 N–H and O–H groups in total. The Balaban J connectivity index is 5.91. The van der Waals surface area contributed by atoms with Gasteiger partial charge in [0, 0.05) is 0 Å². The molecule has 0 aliphatic rings. The van der Waals surface area contributed by atoms with Crippen LogP contribution in [-0.4, -0.2) is 49.7 Å². The first-order chi connectivity index (χ1) is 13.3. The second-order valence-electron chi connectivity index (χ2n) is 10.7. The number of unbranched alkanes of at least 4 members (excludes halogenated alkanes) is 3. The number of rotatable bonds is 13. The average Bonchev–Trinajstić information content (AvgIpc) is 2.59. The predicted octanol–water partition coefficient (Wildman–Crippen LogP) is 8.49. The van der Waals surface area contributed by atoms with Gasteiger partial charge in [0.1, 0.15) is 0 Å². The molecule has 0 aromatic heterocycles. The van der Waals surface area contributed by atoms with Crippen molar-refractivity contribution in [2.24, 2.45) is 0 Å². The summed E-state index contributed by atoms with van der Waals surface area (Å²) in [5, 5.41) is 0. The van der Waals surface area contributed by atoms with Crippen molar-refractivity contribution in [1.29, 1.82) is 0 Å². The van der Waals surface area contributed by atoms with Gasteiger partial charge in [0.2, 0.25) is 0 Å². The molecule has 1 amide bonds. The fourth-order valence-electron chi connectivity index (χ4n) is 3.83. The second-order valence-corrected chi connectivity index (χ2v) is 26.9. The summed E-state index contributed by atoms with van der Waals surface area (Å²) < 4.78 is 10.6. The molecule has 0 heterocycles. The van der Waals surface area contributed by atoms with E-state index in [1.165, 1.54) is 51.8 Å². The van der Waals surface area contributed by atoms with Crippen molar-refractivity contribution in [1.82, 2.24) is 4.90 Å². The molecule has 29 heavy (non-hydrogen) atoms. The number of ether oxygens (including phenoxy) is 1. The van der Waals surface area contributed by atoms with Crippen molar-refractivity contribution in [2.45, 2.75) is 135 Å². The van der Waals surface area contributed by atoms with Crippen LogP contribution in [0.4, 0.5) is 4.79 Å². The summed E-state index contributed by atoms with van der Waals surface area (Å²) in [5.74, 6) is 0.739. The molecular weight excluding hydrogens is 485 g/mol. The number of hydrogen-bond acceptors (Lipinski definition) is 3. The van der Waals surface area contributed by atoms with Gasteiger partial charge in [0.15, 0.2) is 0 Å². The molecule has 0 radical (unpaired) electrons. The van der Waals surface area contributed by atoms with Gasteiger partial charge in [0.25, 0.3) is 0 Å². The van der Waals surface area contributed by atoms with Crippen LogP contribution in [-0.2, 0) is 4.74 Å². The SMILES string of the molecule is CCC[CH2][Sn]([CH2]CCC)([CH2]CCC)[CH](C)N(CSC(C)(C)C)C(=O)OC(C)(C)C. The summed E-state index contributed by atoms with van der Waals surface area (Å²) in [5.41, 5.74) is -0.449. The Morgan fingerprint density at radius 2 is 1.31 bits per heavy atom. The number of nitrogens with zero attached hydrogens (tertiary/aromatic N) is 1. The van der Waals surface area contributed by atoms with E-state index in [2.05, 4.69) is 53.4 Å². The molecule has 3 nitrogen and oxygen atoms in total. The number of amides is 1. The minimum absolute atomic E-state index is 0.104. The first-order valence-corrected chi connectivity index (χ1v) is 20.6. The Bertz CT molecular complexity index is 435. The fourth-order valence-corrected chi connectivity index (χ4v) is 22.3. The molecule has 0 aromatic rings. The monoisotopic (exact) mass is 537 g/mol. The third kappa shape index (κ3) is 12.1. The molecule has 5 heteroatoms. The molecule has 0 bridgehead atoms. The molecular formula is C24H51NO2SSn. The first kappa shape index (κ1) is 29.4. The van der Waals surface area contributed by atoms with Crippen LogP contribution in [0.5, 0.6) is 0 Å². The Morgan fingerprint density at radius 3 is 1.62 bits per heavy atom. The molecule has 0 aliphatic carbocycles. The molecule has 0 spiro atoms. The van der Waals surface area contributed by atoms with Gasteiger partial charge < -0.3 is 0 Å². The average molecular weight is 536 g/mol. The summed E-state index contributed by atoms with van der Waals surface area (Å²) >= 11 is -0.712. The normalized spacial score (nSPS) is 14.0. The Hall–Kier alpha value is 0.419. The predicted molar refractivity (Wildman–Crippen MR) is 135 cm³/mol. The summed E-state index contributed by atoms with van der Waals surface area (Å²) in [4.78, 5) is 15.4. The molecule has 174 valence electrons. The van der Waals surface area contributed by atoms with E-state index in [-0.39, 0.29) is 10.8 Å². The van der Waals surface area contributed by atoms with Crippen LogP contribution in [0, 0.1) is 0 Å². The van der Waals surface area contributed by atoms with Gasteiger partial charge in [-0.15, -0.1) is 0 Å². The van der Waals surface area contributed by atoms with Crippen LogP contribution in [0.2, 0.25) is 13.3 Å². The second kappa shape index (κ2) is 13.7. The van der Waals surface area contributed by atoms with Crippen LogP contribution in [0.1, 0.15) is 108 Å². The standard InChI is InChI=1S/C12H24NO2S.3C4H9.Sn/c1-8-13(9-16-12(5,6)7)10(14)15-11(2,3)4;3*1-3-4-2;/h8H,9H2,1-7H3;3*1,3-4H2,2H3;. The molecule has 0 rings (SSSR count). The molecule has 0 saturated heterocycles. The molecule has 1 atom stereocenters. The molecule has 0 aromatic carbocycles. The van der Waals surface area contributed by atoms with Gasteiger partial charge in [-0.05, 0) is 0 Å². The Labute approximate surface area is 191 Å². The van der Waals surface area contributed by atoms with Crippen molar-refractivity contribution in [3.05, 3.63) is 0 Å². The zero-order valence-corrected chi connectivity index (χ0v) is 25.0. The number of carbonyl (C=O) groups is 1. The van der Waals surface area contributed by atoms with Gasteiger partial charge in [-0.2, -0.15) is 0 Å². The van der Waals surface area contributed by atoms with Crippen molar-refractivity contribution in [3.8, 4) is 0 Å². The van der Waals surface area contributed by atoms with E-state index in [9.17, 15) is 4.79 Å². The zero-order chi connectivity index (χ0) is 22.7.